The third kappa shape index (κ3) is 3.53. The van der Waals surface area contributed by atoms with Crippen molar-refractivity contribution in [1.82, 2.24) is 0 Å². The Kier molecular flexibility index (Phi) is 4.15. The fraction of sp³-hybridized carbons (Fsp3) is 0. The minimum absolute atomic E-state index is 0.0220. The first-order valence-corrected chi connectivity index (χ1v) is 6.92. The van der Waals surface area contributed by atoms with E-state index in [1.807, 2.05) is 17.5 Å². The van der Waals surface area contributed by atoms with Crippen LogP contribution in [0.4, 0.5) is 0 Å². The lowest BCUT2D eigenvalue weighted by molar-refractivity contribution is 0.104. The van der Waals surface area contributed by atoms with Gasteiger partial charge in [0.15, 0.2) is 5.78 Å². The maximum atomic E-state index is 11.8. The van der Waals surface area contributed by atoms with Gasteiger partial charge < -0.3 is 0 Å². The van der Waals surface area contributed by atoms with Gasteiger partial charge in [-0.15, -0.1) is 11.3 Å². The second-order valence-electron chi connectivity index (χ2n) is 3.37. The highest BCUT2D eigenvalue weighted by Gasteiger charge is 2.01. The molecule has 1 aromatic carbocycles. The lowest BCUT2D eigenvalue weighted by Gasteiger charge is -1.95. The van der Waals surface area contributed by atoms with Gasteiger partial charge in [-0.3, -0.25) is 4.79 Å². The number of benzene rings is 1. The Morgan fingerprint density at radius 1 is 1.29 bits per heavy atom. The van der Waals surface area contributed by atoms with Gasteiger partial charge in [0.25, 0.3) is 0 Å². The van der Waals surface area contributed by atoms with Crippen LogP contribution in [0.25, 0.3) is 6.08 Å². The van der Waals surface area contributed by atoms with Crippen LogP contribution < -0.4 is 0 Å². The third-order valence-electron chi connectivity index (χ3n) is 2.12. The van der Waals surface area contributed by atoms with E-state index >= 15 is 0 Å². The van der Waals surface area contributed by atoms with Gasteiger partial charge in [0, 0.05) is 25.3 Å². The number of halogens is 2. The minimum atomic E-state index is -0.0220. The molecule has 0 saturated carbocycles. The van der Waals surface area contributed by atoms with E-state index in [2.05, 4.69) is 15.9 Å². The summed E-state index contributed by atoms with van der Waals surface area (Å²) >= 11 is 10.7. The average Bonchev–Trinajstić information content (AvgIpc) is 2.73. The molecule has 0 saturated heterocycles. The smallest absolute Gasteiger partial charge is 0.185 e. The monoisotopic (exact) mass is 326 g/mol. The largest absolute Gasteiger partial charge is 0.289 e. The Morgan fingerprint density at radius 3 is 2.59 bits per heavy atom. The van der Waals surface area contributed by atoms with Crippen LogP contribution in [0.2, 0.25) is 5.02 Å². The van der Waals surface area contributed by atoms with E-state index in [9.17, 15) is 4.79 Å². The van der Waals surface area contributed by atoms with E-state index in [1.54, 1.807) is 41.7 Å². The number of hydrogen-bond acceptors (Lipinski definition) is 2. The predicted molar refractivity (Wildman–Crippen MR) is 76.8 cm³/mol. The molecule has 0 radical (unpaired) electrons. The second kappa shape index (κ2) is 5.63. The maximum Gasteiger partial charge on any atom is 0.185 e. The van der Waals surface area contributed by atoms with E-state index in [0.717, 1.165) is 9.35 Å². The standard InChI is InChI=1S/C13H8BrClOS/c14-10-7-12(17-8-10)5-6-13(16)9-1-3-11(15)4-2-9/h1-8H. The maximum absolute atomic E-state index is 11.8. The molecule has 0 amide bonds. The van der Waals surface area contributed by atoms with E-state index in [0.29, 0.717) is 10.6 Å². The molecule has 0 spiro atoms. The topological polar surface area (TPSA) is 17.1 Å². The van der Waals surface area contributed by atoms with Crippen molar-refractivity contribution in [2.24, 2.45) is 0 Å². The molecule has 1 nitrogen and oxygen atoms in total. The third-order valence-corrected chi connectivity index (χ3v) is 4.03. The first-order valence-electron chi connectivity index (χ1n) is 4.87. The predicted octanol–water partition coefficient (Wildman–Crippen LogP) is 5.06. The highest BCUT2D eigenvalue weighted by molar-refractivity contribution is 9.10. The number of ketones is 1. The van der Waals surface area contributed by atoms with Crippen molar-refractivity contribution >= 4 is 50.7 Å². The molecular formula is C13H8BrClOS. The van der Waals surface area contributed by atoms with Gasteiger partial charge in [0.05, 0.1) is 0 Å². The molecule has 0 atom stereocenters. The number of carbonyl (C=O) groups is 1. The Labute approximate surface area is 117 Å². The normalized spacial score (nSPS) is 10.9. The Morgan fingerprint density at radius 2 is 2.00 bits per heavy atom. The van der Waals surface area contributed by atoms with Gasteiger partial charge in [0.1, 0.15) is 0 Å². The lowest BCUT2D eigenvalue weighted by Crippen LogP contribution is -1.92. The van der Waals surface area contributed by atoms with Crippen molar-refractivity contribution in [3.63, 3.8) is 0 Å². The fourth-order valence-electron chi connectivity index (χ4n) is 1.28. The van der Waals surface area contributed by atoms with Crippen LogP contribution in [0, 0.1) is 0 Å². The molecule has 0 aliphatic heterocycles. The van der Waals surface area contributed by atoms with Gasteiger partial charge in [-0.05, 0) is 58.4 Å². The summed E-state index contributed by atoms with van der Waals surface area (Å²) in [6.45, 7) is 0. The Hall–Kier alpha value is -0.900. The number of carbonyl (C=O) groups excluding carboxylic acids is 1. The molecule has 0 fully saturated rings. The number of hydrogen-bond donors (Lipinski definition) is 0. The first kappa shape index (κ1) is 12.6. The zero-order valence-corrected chi connectivity index (χ0v) is 11.8. The van der Waals surface area contributed by atoms with Gasteiger partial charge in [-0.25, -0.2) is 0 Å². The number of rotatable bonds is 3. The number of thiophene rings is 1. The van der Waals surface area contributed by atoms with E-state index in [1.165, 1.54) is 0 Å². The lowest BCUT2D eigenvalue weighted by atomic mass is 10.1. The quantitative estimate of drug-likeness (QED) is 0.569. The zero-order valence-electron chi connectivity index (χ0n) is 8.69. The summed E-state index contributed by atoms with van der Waals surface area (Å²) in [5, 5.41) is 2.61. The van der Waals surface area contributed by atoms with E-state index in [-0.39, 0.29) is 5.78 Å². The van der Waals surface area contributed by atoms with Crippen LogP contribution in [0.3, 0.4) is 0 Å². The molecule has 86 valence electrons. The average molecular weight is 328 g/mol. The molecule has 17 heavy (non-hydrogen) atoms. The van der Waals surface area contributed by atoms with Crippen molar-refractivity contribution in [3.8, 4) is 0 Å². The summed E-state index contributed by atoms with van der Waals surface area (Å²) in [5.74, 6) is -0.0220. The SMILES string of the molecule is O=C(C=Cc1cc(Br)cs1)c1ccc(Cl)cc1. The zero-order chi connectivity index (χ0) is 12.3. The summed E-state index contributed by atoms with van der Waals surface area (Å²) < 4.78 is 1.03. The molecule has 0 N–H and O–H groups in total. The molecule has 2 rings (SSSR count). The van der Waals surface area contributed by atoms with Crippen LogP contribution in [0.15, 0.2) is 46.3 Å². The van der Waals surface area contributed by atoms with Crippen molar-refractivity contribution in [3.05, 3.63) is 61.7 Å². The van der Waals surface area contributed by atoms with Crippen molar-refractivity contribution < 1.29 is 4.79 Å². The molecule has 0 aliphatic rings. The molecule has 0 bridgehead atoms. The van der Waals surface area contributed by atoms with Crippen LogP contribution in [0.1, 0.15) is 15.2 Å². The molecule has 1 aromatic heterocycles. The van der Waals surface area contributed by atoms with E-state index < -0.39 is 0 Å². The van der Waals surface area contributed by atoms with E-state index in [4.69, 9.17) is 11.6 Å². The van der Waals surface area contributed by atoms with Crippen LogP contribution in [-0.4, -0.2) is 5.78 Å². The molecule has 2 aromatic rings. The summed E-state index contributed by atoms with van der Waals surface area (Å²) in [5.41, 5.74) is 0.640. The van der Waals surface area contributed by atoms with Crippen LogP contribution >= 0.6 is 38.9 Å². The van der Waals surface area contributed by atoms with Gasteiger partial charge in [0.2, 0.25) is 0 Å². The summed E-state index contributed by atoms with van der Waals surface area (Å²) in [6.07, 6.45) is 3.38. The molecule has 1 heterocycles. The minimum Gasteiger partial charge on any atom is -0.289 e. The molecule has 4 heteroatoms. The first-order chi connectivity index (χ1) is 8.15. The van der Waals surface area contributed by atoms with Crippen LogP contribution in [0.5, 0.6) is 0 Å². The molecule has 0 aliphatic carbocycles. The van der Waals surface area contributed by atoms with Gasteiger partial charge >= 0.3 is 0 Å². The van der Waals surface area contributed by atoms with Gasteiger partial charge in [-0.2, -0.15) is 0 Å². The summed E-state index contributed by atoms with van der Waals surface area (Å²) in [4.78, 5) is 12.8. The highest BCUT2D eigenvalue weighted by atomic mass is 79.9. The fourth-order valence-corrected chi connectivity index (χ4v) is 2.75. The van der Waals surface area contributed by atoms with Crippen LogP contribution in [-0.2, 0) is 0 Å². The van der Waals surface area contributed by atoms with Gasteiger partial charge in [-0.1, -0.05) is 11.6 Å². The Bertz CT molecular complexity index is 557. The summed E-state index contributed by atoms with van der Waals surface area (Å²) in [6, 6.07) is 8.84. The molecule has 0 unspecified atom stereocenters. The second-order valence-corrected chi connectivity index (χ2v) is 5.67. The molecular weight excluding hydrogens is 320 g/mol. The van der Waals surface area contributed by atoms with Crippen molar-refractivity contribution in [2.45, 2.75) is 0 Å². The number of allylic oxidation sites excluding steroid dienone is 1. The summed E-state index contributed by atoms with van der Waals surface area (Å²) in [7, 11) is 0. The Balaban J connectivity index is 2.11. The highest BCUT2D eigenvalue weighted by Crippen LogP contribution is 2.21. The van der Waals surface area contributed by atoms with Crippen molar-refractivity contribution in [1.29, 1.82) is 0 Å². The van der Waals surface area contributed by atoms with Crippen molar-refractivity contribution in [2.75, 3.05) is 0 Å².